The molecule has 0 atom stereocenters. The van der Waals surface area contributed by atoms with Crippen LogP contribution in [0.25, 0.3) is 0 Å². The molecule has 0 spiro atoms. The molecule has 0 heterocycles. The third-order valence-electron chi connectivity index (χ3n) is 2.63. The molecule has 3 N–H and O–H groups in total. The van der Waals surface area contributed by atoms with E-state index in [4.69, 9.17) is 10.5 Å². The van der Waals surface area contributed by atoms with Gasteiger partial charge in [-0.05, 0) is 11.6 Å². The number of benzene rings is 1. The summed E-state index contributed by atoms with van der Waals surface area (Å²) in [4.78, 5) is 13.6. The van der Waals surface area contributed by atoms with Gasteiger partial charge in [-0.15, -0.1) is 0 Å². The maximum absolute atomic E-state index is 11.7. The number of likely N-dealkylation sites (N-methyl/N-ethyl adjacent to an activating group) is 1. The van der Waals surface area contributed by atoms with Gasteiger partial charge in [0, 0.05) is 32.9 Å². The first-order valence-electron chi connectivity index (χ1n) is 5.93. The van der Waals surface area contributed by atoms with E-state index in [1.165, 1.54) is 0 Å². The number of methoxy groups -OCH3 is 1. The molecule has 0 saturated heterocycles. The molecular formula is C13H21N3O2. The predicted octanol–water partition coefficient (Wildman–Crippen LogP) is 0.344. The summed E-state index contributed by atoms with van der Waals surface area (Å²) in [5.41, 5.74) is 7.69. The molecule has 18 heavy (non-hydrogen) atoms. The summed E-state index contributed by atoms with van der Waals surface area (Å²) < 4.78 is 4.87. The maximum Gasteiger partial charge on any atom is 0.239 e. The van der Waals surface area contributed by atoms with Gasteiger partial charge in [0.2, 0.25) is 5.91 Å². The number of nitrogens with zero attached hydrogens (tertiary/aromatic N) is 1. The fourth-order valence-electron chi connectivity index (χ4n) is 1.70. The van der Waals surface area contributed by atoms with Crippen molar-refractivity contribution in [2.24, 2.45) is 5.73 Å². The molecule has 1 aromatic rings. The van der Waals surface area contributed by atoms with Gasteiger partial charge in [-0.25, -0.2) is 0 Å². The van der Waals surface area contributed by atoms with E-state index in [-0.39, 0.29) is 5.91 Å². The van der Waals surface area contributed by atoms with Crippen LogP contribution in [0.5, 0.6) is 0 Å². The van der Waals surface area contributed by atoms with Crippen molar-refractivity contribution in [1.29, 1.82) is 0 Å². The zero-order valence-corrected chi connectivity index (χ0v) is 11.0. The van der Waals surface area contributed by atoms with Gasteiger partial charge in [0.25, 0.3) is 0 Å². The summed E-state index contributed by atoms with van der Waals surface area (Å²) in [6.07, 6.45) is 0. The van der Waals surface area contributed by atoms with Gasteiger partial charge in [-0.2, -0.15) is 0 Å². The van der Waals surface area contributed by atoms with E-state index in [0.717, 1.165) is 11.3 Å². The third kappa shape index (κ3) is 4.35. The number of amides is 1. The van der Waals surface area contributed by atoms with Crippen molar-refractivity contribution >= 4 is 11.6 Å². The van der Waals surface area contributed by atoms with Crippen LogP contribution in [0.1, 0.15) is 5.56 Å². The van der Waals surface area contributed by atoms with E-state index in [1.807, 2.05) is 36.2 Å². The summed E-state index contributed by atoms with van der Waals surface area (Å²) in [5, 5.41) is 2.78. The van der Waals surface area contributed by atoms with Gasteiger partial charge < -0.3 is 20.7 Å². The Balaban J connectivity index is 2.53. The Bertz CT molecular complexity index is 382. The van der Waals surface area contributed by atoms with Crippen molar-refractivity contribution in [2.45, 2.75) is 6.54 Å². The van der Waals surface area contributed by atoms with Gasteiger partial charge in [0.05, 0.1) is 13.2 Å². The van der Waals surface area contributed by atoms with E-state index in [2.05, 4.69) is 5.32 Å². The summed E-state index contributed by atoms with van der Waals surface area (Å²) in [7, 11) is 3.49. The van der Waals surface area contributed by atoms with Crippen LogP contribution in [0.3, 0.4) is 0 Å². The Morgan fingerprint density at radius 3 is 2.83 bits per heavy atom. The largest absolute Gasteiger partial charge is 0.383 e. The average Bonchev–Trinajstić information content (AvgIpc) is 2.39. The Kier molecular flexibility index (Phi) is 6.18. The van der Waals surface area contributed by atoms with Crippen molar-refractivity contribution in [3.63, 3.8) is 0 Å². The first-order valence-corrected chi connectivity index (χ1v) is 5.93. The van der Waals surface area contributed by atoms with Crippen molar-refractivity contribution in [1.82, 2.24) is 5.32 Å². The second kappa shape index (κ2) is 7.68. The number of nitrogens with one attached hydrogen (secondary N) is 1. The number of hydrogen-bond acceptors (Lipinski definition) is 4. The van der Waals surface area contributed by atoms with E-state index in [1.54, 1.807) is 7.11 Å². The van der Waals surface area contributed by atoms with Gasteiger partial charge in [-0.3, -0.25) is 4.79 Å². The molecule has 0 aliphatic rings. The average molecular weight is 251 g/mol. The fraction of sp³-hybridized carbons (Fsp3) is 0.462. The van der Waals surface area contributed by atoms with Crippen LogP contribution in [0.2, 0.25) is 0 Å². The lowest BCUT2D eigenvalue weighted by atomic mass is 10.1. The summed E-state index contributed by atoms with van der Waals surface area (Å²) in [6.45, 7) is 1.82. The SMILES string of the molecule is COCCNC(=O)CN(C)c1ccccc1CN. The van der Waals surface area contributed by atoms with Crippen molar-refractivity contribution < 1.29 is 9.53 Å². The number of hydrogen-bond donors (Lipinski definition) is 2. The first kappa shape index (κ1) is 14.5. The highest BCUT2D eigenvalue weighted by atomic mass is 16.5. The van der Waals surface area contributed by atoms with E-state index < -0.39 is 0 Å². The van der Waals surface area contributed by atoms with E-state index in [0.29, 0.717) is 26.2 Å². The van der Waals surface area contributed by atoms with Crippen LogP contribution in [-0.2, 0) is 16.1 Å². The van der Waals surface area contributed by atoms with E-state index >= 15 is 0 Å². The van der Waals surface area contributed by atoms with Gasteiger partial charge >= 0.3 is 0 Å². The molecule has 0 aliphatic heterocycles. The standard InChI is InChI=1S/C13H21N3O2/c1-16(10-13(17)15-7-8-18-2)12-6-4-3-5-11(12)9-14/h3-6H,7-10,14H2,1-2H3,(H,15,17). The van der Waals surface area contributed by atoms with Crippen molar-refractivity contribution in [3.8, 4) is 0 Å². The topological polar surface area (TPSA) is 67.6 Å². The maximum atomic E-state index is 11.7. The number of carbonyl (C=O) groups is 1. The molecule has 5 nitrogen and oxygen atoms in total. The molecular weight excluding hydrogens is 230 g/mol. The highest BCUT2D eigenvalue weighted by Gasteiger charge is 2.09. The van der Waals surface area contributed by atoms with Gasteiger partial charge in [0.15, 0.2) is 0 Å². The number of carbonyl (C=O) groups excluding carboxylic acids is 1. The molecule has 0 bridgehead atoms. The number of nitrogens with two attached hydrogens (primary N) is 1. The minimum absolute atomic E-state index is 0.0265. The Morgan fingerprint density at radius 1 is 1.44 bits per heavy atom. The predicted molar refractivity (Wildman–Crippen MR) is 72.5 cm³/mol. The number of rotatable bonds is 7. The molecule has 0 fully saturated rings. The smallest absolute Gasteiger partial charge is 0.239 e. The molecule has 1 rings (SSSR count). The van der Waals surface area contributed by atoms with Crippen LogP contribution in [0.4, 0.5) is 5.69 Å². The Labute approximate surface area is 108 Å². The van der Waals surface area contributed by atoms with Crippen LogP contribution in [-0.4, -0.2) is 39.8 Å². The minimum atomic E-state index is -0.0265. The quantitative estimate of drug-likeness (QED) is 0.686. The Hall–Kier alpha value is -1.59. The lowest BCUT2D eigenvalue weighted by molar-refractivity contribution is -0.119. The second-order valence-electron chi connectivity index (χ2n) is 4.03. The van der Waals surface area contributed by atoms with Crippen LogP contribution >= 0.6 is 0 Å². The first-order chi connectivity index (χ1) is 8.69. The lowest BCUT2D eigenvalue weighted by Crippen LogP contribution is -2.37. The lowest BCUT2D eigenvalue weighted by Gasteiger charge is -2.21. The molecule has 0 unspecified atom stereocenters. The zero-order chi connectivity index (χ0) is 13.4. The molecule has 100 valence electrons. The number of anilines is 1. The third-order valence-corrected chi connectivity index (χ3v) is 2.63. The summed E-state index contributed by atoms with van der Waals surface area (Å²) in [5.74, 6) is -0.0265. The summed E-state index contributed by atoms with van der Waals surface area (Å²) in [6, 6.07) is 7.81. The minimum Gasteiger partial charge on any atom is -0.383 e. The van der Waals surface area contributed by atoms with Crippen molar-refractivity contribution in [2.75, 3.05) is 38.8 Å². The number of para-hydroxylation sites is 1. The molecule has 1 amide bonds. The van der Waals surface area contributed by atoms with Crippen LogP contribution in [0, 0.1) is 0 Å². The van der Waals surface area contributed by atoms with E-state index in [9.17, 15) is 4.79 Å². The van der Waals surface area contributed by atoms with Crippen LogP contribution in [0.15, 0.2) is 24.3 Å². The molecule has 0 saturated carbocycles. The Morgan fingerprint density at radius 2 is 2.17 bits per heavy atom. The molecule has 0 aromatic heterocycles. The monoisotopic (exact) mass is 251 g/mol. The molecule has 1 aromatic carbocycles. The molecule has 0 aliphatic carbocycles. The van der Waals surface area contributed by atoms with Gasteiger partial charge in [0.1, 0.15) is 0 Å². The normalized spacial score (nSPS) is 10.2. The molecule has 0 radical (unpaired) electrons. The summed E-state index contributed by atoms with van der Waals surface area (Å²) >= 11 is 0. The zero-order valence-electron chi connectivity index (χ0n) is 11.0. The number of ether oxygens (including phenoxy) is 1. The highest BCUT2D eigenvalue weighted by Crippen LogP contribution is 2.17. The molecule has 5 heteroatoms. The highest BCUT2D eigenvalue weighted by molar-refractivity contribution is 5.81. The van der Waals surface area contributed by atoms with Gasteiger partial charge in [-0.1, -0.05) is 18.2 Å². The fourth-order valence-corrected chi connectivity index (χ4v) is 1.70. The van der Waals surface area contributed by atoms with Crippen molar-refractivity contribution in [3.05, 3.63) is 29.8 Å². The second-order valence-corrected chi connectivity index (χ2v) is 4.03. The van der Waals surface area contributed by atoms with Crippen LogP contribution < -0.4 is 16.0 Å².